The van der Waals surface area contributed by atoms with Crippen LogP contribution in [0.5, 0.6) is 0 Å². The molecule has 0 atom stereocenters. The lowest BCUT2D eigenvalue weighted by molar-refractivity contribution is 0.0135. The third-order valence-corrected chi connectivity index (χ3v) is 36.5. The van der Waals surface area contributed by atoms with E-state index in [1.54, 1.807) is 0 Å². The zero-order valence-electron chi connectivity index (χ0n) is 104. The van der Waals surface area contributed by atoms with Crippen molar-refractivity contribution < 1.29 is 0 Å². The van der Waals surface area contributed by atoms with Crippen LogP contribution in [0, 0.1) is 162 Å². The van der Waals surface area contributed by atoms with Gasteiger partial charge in [0.1, 0.15) is 0 Å². The minimum Gasteiger partial charge on any atom is -0.316 e. The largest absolute Gasteiger partial charge is 0.316 e. The molecular formula is C126H275N3. The van der Waals surface area contributed by atoms with Gasteiger partial charge in [-0.3, -0.25) is 0 Å². The van der Waals surface area contributed by atoms with E-state index in [0.29, 0.717) is 38.2 Å². The van der Waals surface area contributed by atoms with Crippen molar-refractivity contribution in [2.24, 2.45) is 162 Å². The van der Waals surface area contributed by atoms with Gasteiger partial charge in [0.2, 0.25) is 0 Å². The van der Waals surface area contributed by atoms with E-state index in [2.05, 4.69) is 293 Å². The SMILES string of the molecule is CC.CC.CC.CC.CC.CC.CC.CC.CC.CC.CC(C)C1(C(C)C)CC1.CC(C)C1(C(C)C)CCC1.CC(C)C1(C(C)C)CCC1.CC(C)C1(C(C)C)CCCC1.CC(C)C1(C(C)C)CCCCC1.CC(C)C1(C(C)C)CCCCC1.CC(C)C1(C(C)C)CCCCCC1.CC(C)C1(C(C)C)CCCN1.CC(C)C1(C(C)C)CCN1.CC(C)C1(C(C)C)CCNC1. The topological polar surface area (TPSA) is 36.1 Å². The summed E-state index contributed by atoms with van der Waals surface area (Å²) in [5.41, 5.74) is 6.41. The maximum atomic E-state index is 3.67. The maximum Gasteiger partial charge on any atom is 0.0239 e. The number of rotatable bonds is 20. The molecule has 7 saturated carbocycles. The predicted molar refractivity (Wildman–Crippen MR) is 612 cm³/mol. The molecule has 0 unspecified atom stereocenters. The Morgan fingerprint density at radius 2 is 0.279 bits per heavy atom. The normalized spacial score (nSPS) is 20.3. The fourth-order valence-electron chi connectivity index (χ4n) is 25.8. The van der Waals surface area contributed by atoms with Crippen molar-refractivity contribution in [2.75, 3.05) is 26.2 Å². The van der Waals surface area contributed by atoms with E-state index in [4.69, 9.17) is 0 Å². The Bertz CT molecular complexity index is 1950. The van der Waals surface area contributed by atoms with Crippen LogP contribution in [0.25, 0.3) is 0 Å². The van der Waals surface area contributed by atoms with Crippen LogP contribution in [-0.2, 0) is 0 Å². The highest BCUT2D eigenvalue weighted by atomic mass is 15.1. The van der Waals surface area contributed by atoms with Gasteiger partial charge in [0.05, 0.1) is 0 Å². The predicted octanol–water partition coefficient (Wildman–Crippen LogP) is 44.0. The van der Waals surface area contributed by atoms with Crippen molar-refractivity contribution in [3.63, 3.8) is 0 Å². The van der Waals surface area contributed by atoms with Crippen molar-refractivity contribution in [3.8, 4) is 0 Å². The smallest absolute Gasteiger partial charge is 0.0239 e. The second-order valence-electron chi connectivity index (χ2n) is 46.1. The van der Waals surface area contributed by atoms with Gasteiger partial charge in [-0.2, -0.15) is 0 Å². The molecular weight excluding hydrogens is 1560 g/mol. The van der Waals surface area contributed by atoms with Crippen LogP contribution in [0.15, 0.2) is 0 Å². The van der Waals surface area contributed by atoms with Crippen LogP contribution in [0.2, 0.25) is 0 Å². The summed E-state index contributed by atoms with van der Waals surface area (Å²) >= 11 is 0. The van der Waals surface area contributed by atoms with E-state index >= 15 is 0 Å². The van der Waals surface area contributed by atoms with E-state index in [1.807, 2.05) is 138 Å². The van der Waals surface area contributed by atoms with Gasteiger partial charge >= 0.3 is 0 Å². The van der Waals surface area contributed by atoms with Crippen molar-refractivity contribution in [1.82, 2.24) is 16.0 Å². The molecule has 0 radical (unpaired) electrons. The first-order valence-corrected chi connectivity index (χ1v) is 59.6. The molecule has 129 heavy (non-hydrogen) atoms. The monoisotopic (exact) mass is 1830 g/mol. The molecule has 3 saturated heterocycles. The first-order chi connectivity index (χ1) is 60.4. The second kappa shape index (κ2) is 81.6. The summed E-state index contributed by atoms with van der Waals surface area (Å²) in [5.74, 6) is 17.1. The lowest BCUT2D eigenvalue weighted by Gasteiger charge is -2.50. The molecule has 0 aromatic carbocycles. The molecule has 0 aromatic rings. The highest BCUT2D eigenvalue weighted by molar-refractivity contribution is 5.03. The van der Waals surface area contributed by atoms with Crippen LogP contribution in [0.1, 0.15) is 621 Å². The van der Waals surface area contributed by atoms with E-state index in [0.717, 1.165) is 135 Å². The van der Waals surface area contributed by atoms with Gasteiger partial charge in [0.15, 0.2) is 0 Å². The Hall–Kier alpha value is -0.120. The molecule has 0 spiro atoms. The Morgan fingerprint density at radius 3 is 0.357 bits per heavy atom. The molecule has 10 fully saturated rings. The maximum absolute atomic E-state index is 3.67. The molecule has 3 nitrogen and oxygen atoms in total. The molecule has 3 aliphatic heterocycles. The molecule has 0 amide bonds. The van der Waals surface area contributed by atoms with Crippen LogP contribution < -0.4 is 16.0 Å². The molecule has 7 aliphatic carbocycles. The highest BCUT2D eigenvalue weighted by Crippen LogP contribution is 2.58. The molecule has 3 N–H and O–H groups in total. The molecule has 0 aromatic heterocycles. The number of hydrogen-bond donors (Lipinski definition) is 3. The van der Waals surface area contributed by atoms with E-state index in [9.17, 15) is 0 Å². The molecule has 0 bridgehead atoms. The zero-order chi connectivity index (χ0) is 104. The standard InChI is InChI=1S/C13H26.2C12H24.C11H22.2C10H21N.2C10H20.C9H19N.C9H18.10C2H6/c1-11(2)13(12(3)4)9-7-5-6-8-10-13;2*1-10(2)12(11(3)4)8-6-5-7-9-12;1-9(2)11(10(3)4)7-5-6-8-11;1-8(2)10(9(3)4)5-6-11-7-10;1-8(2)10(9(3)4)6-5-7-11-10;2*1-8(2)10(9(3)4)6-5-7-10;1-7(2)9(8(3)4)5-6-10-9;1-7(2)9(5-6-9)8(3)4;10*1-2/h11-12H,5-10H2,1-4H3;2*10-11H,5-9H2,1-4H3;9-10H,5-8H2,1-4H3;2*8-9,11H,5-7H2,1-4H3;2*8-9H,5-7H2,1-4H3;7-8,10H,5-6H2,1-4H3;7-8H,5-6H2,1-4H3;10*1-2H3. The fourth-order valence-corrected chi connectivity index (χ4v) is 25.8. The fraction of sp³-hybridized carbons (Fsp3) is 1.00. The quantitative estimate of drug-likeness (QED) is 0.106. The first-order valence-electron chi connectivity index (χ1n) is 59.6. The Labute approximate surface area is 830 Å². The Balaban J connectivity index is -0.000000149. The Morgan fingerprint density at radius 1 is 0.124 bits per heavy atom. The lowest BCUT2D eigenvalue weighted by Crippen LogP contribution is -2.63. The number of hydrogen-bond acceptors (Lipinski definition) is 3. The number of nitrogens with one attached hydrogen (secondary N) is 3. The molecule has 3 heterocycles. The summed E-state index contributed by atoms with van der Waals surface area (Å²) < 4.78 is 0. The minimum absolute atomic E-state index is 0.444. The molecule has 3 heteroatoms. The summed E-state index contributed by atoms with van der Waals surface area (Å²) in [6.45, 7) is 140. The summed E-state index contributed by atoms with van der Waals surface area (Å²) in [4.78, 5) is 0. The van der Waals surface area contributed by atoms with Crippen LogP contribution >= 0.6 is 0 Å². The van der Waals surface area contributed by atoms with Crippen molar-refractivity contribution >= 4 is 0 Å². The first kappa shape index (κ1) is 149. The molecule has 10 aliphatic rings. The third-order valence-electron chi connectivity index (χ3n) is 36.5. The Kier molecular flexibility index (Phi) is 94.3. The summed E-state index contributed by atoms with van der Waals surface area (Å²) in [6, 6.07) is 0. The lowest BCUT2D eigenvalue weighted by atomic mass is 9.56. The average molecular weight is 1830 g/mol. The summed E-state index contributed by atoms with van der Waals surface area (Å²) in [6.07, 6.45) is 46.7. The van der Waals surface area contributed by atoms with Crippen molar-refractivity contribution in [1.29, 1.82) is 0 Å². The van der Waals surface area contributed by atoms with Crippen molar-refractivity contribution in [3.05, 3.63) is 0 Å². The van der Waals surface area contributed by atoms with Crippen LogP contribution in [0.3, 0.4) is 0 Å². The highest BCUT2D eigenvalue weighted by Gasteiger charge is 2.49. The summed E-state index contributed by atoms with van der Waals surface area (Å²) in [5, 5.41) is 10.7. The zero-order valence-corrected chi connectivity index (χ0v) is 104. The molecule has 10 rings (SSSR count). The van der Waals surface area contributed by atoms with Gasteiger partial charge in [-0.25, -0.2) is 0 Å². The molecule has 794 valence electrons. The van der Waals surface area contributed by atoms with E-state index in [-0.39, 0.29) is 0 Å². The van der Waals surface area contributed by atoms with Gasteiger partial charge in [0.25, 0.3) is 0 Å². The van der Waals surface area contributed by atoms with Crippen LogP contribution in [0.4, 0.5) is 0 Å². The van der Waals surface area contributed by atoms with Gasteiger partial charge in [-0.15, -0.1) is 0 Å². The summed E-state index contributed by atoms with van der Waals surface area (Å²) in [7, 11) is 0. The van der Waals surface area contributed by atoms with Gasteiger partial charge in [0, 0.05) is 17.6 Å². The minimum atomic E-state index is 0.444. The second-order valence-corrected chi connectivity index (χ2v) is 46.1. The van der Waals surface area contributed by atoms with Crippen molar-refractivity contribution in [2.45, 2.75) is 632 Å². The van der Waals surface area contributed by atoms with Gasteiger partial charge in [-0.05, 0) is 297 Å². The van der Waals surface area contributed by atoms with E-state index < -0.39 is 0 Å². The van der Waals surface area contributed by atoms with E-state index in [1.165, 1.54) is 232 Å². The van der Waals surface area contributed by atoms with Gasteiger partial charge < -0.3 is 16.0 Å². The van der Waals surface area contributed by atoms with Gasteiger partial charge in [-0.1, -0.05) is 505 Å². The third kappa shape index (κ3) is 47.3. The average Bonchev–Trinajstić information content (AvgIpc) is 1.58. The van der Waals surface area contributed by atoms with Crippen LogP contribution in [-0.4, -0.2) is 37.3 Å².